The van der Waals surface area contributed by atoms with Crippen LogP contribution in [0.1, 0.15) is 30.4 Å². The van der Waals surface area contributed by atoms with Crippen molar-refractivity contribution < 1.29 is 0 Å². The summed E-state index contributed by atoms with van der Waals surface area (Å²) in [4.78, 5) is 12.8. The number of aromatic nitrogens is 2. The lowest BCUT2D eigenvalue weighted by Crippen LogP contribution is -2.45. The summed E-state index contributed by atoms with van der Waals surface area (Å²) in [5.74, 6) is 1.13. The quantitative estimate of drug-likeness (QED) is 0.706. The standard InChI is InChI=1S/C20H20N4/c1-12-8-15-18(24-19(21-2)20(15)5-3-6-20)9-14(12)17-10-16-13(11-23-17)4-7-22-16/h4,7-11,22H,3,5-6H2,1-2H3,(H,21,24). The lowest BCUT2D eigenvalue weighted by Gasteiger charge is -2.40. The van der Waals surface area contributed by atoms with Crippen molar-refractivity contribution in [1.29, 1.82) is 0 Å². The van der Waals surface area contributed by atoms with Crippen LogP contribution in [0.15, 0.2) is 41.7 Å². The molecule has 0 saturated heterocycles. The maximum Gasteiger partial charge on any atom is 0.113 e. The van der Waals surface area contributed by atoms with E-state index in [1.807, 2.05) is 25.5 Å². The van der Waals surface area contributed by atoms with E-state index >= 15 is 0 Å². The van der Waals surface area contributed by atoms with Crippen molar-refractivity contribution in [2.45, 2.75) is 31.6 Å². The summed E-state index contributed by atoms with van der Waals surface area (Å²) in [6.07, 6.45) is 7.57. The van der Waals surface area contributed by atoms with Gasteiger partial charge in [0.1, 0.15) is 5.84 Å². The van der Waals surface area contributed by atoms with Gasteiger partial charge in [0.05, 0.1) is 16.8 Å². The molecule has 4 heteroatoms. The Morgan fingerprint density at radius 3 is 2.83 bits per heavy atom. The first-order chi connectivity index (χ1) is 11.7. The van der Waals surface area contributed by atoms with Crippen LogP contribution in [0.25, 0.3) is 22.2 Å². The molecule has 2 N–H and O–H groups in total. The maximum atomic E-state index is 4.89. The van der Waals surface area contributed by atoms with E-state index in [-0.39, 0.29) is 5.41 Å². The minimum atomic E-state index is 0.143. The summed E-state index contributed by atoms with van der Waals surface area (Å²) in [6.45, 7) is 2.18. The number of aromatic amines is 1. The minimum absolute atomic E-state index is 0.143. The van der Waals surface area contributed by atoms with Crippen LogP contribution in [0, 0.1) is 6.92 Å². The Morgan fingerprint density at radius 2 is 2.08 bits per heavy atom. The second-order valence-corrected chi connectivity index (χ2v) is 6.96. The van der Waals surface area contributed by atoms with Crippen LogP contribution in [-0.4, -0.2) is 22.9 Å². The zero-order valence-corrected chi connectivity index (χ0v) is 14.0. The van der Waals surface area contributed by atoms with Gasteiger partial charge in [0, 0.05) is 35.9 Å². The first-order valence-corrected chi connectivity index (χ1v) is 8.57. The van der Waals surface area contributed by atoms with Crippen LogP contribution in [0.3, 0.4) is 0 Å². The Hall–Kier alpha value is -2.62. The van der Waals surface area contributed by atoms with Crippen molar-refractivity contribution in [2.75, 3.05) is 7.05 Å². The summed E-state index contributed by atoms with van der Waals surface area (Å²) < 4.78 is 0. The van der Waals surface area contributed by atoms with Gasteiger partial charge in [-0.25, -0.2) is 4.99 Å². The van der Waals surface area contributed by atoms with Crippen molar-refractivity contribution in [2.24, 2.45) is 4.99 Å². The number of pyridine rings is 1. The number of benzene rings is 1. The molecule has 1 fully saturated rings. The Bertz CT molecular complexity index is 992. The lowest BCUT2D eigenvalue weighted by molar-refractivity contribution is 0.340. The highest BCUT2D eigenvalue weighted by Crippen LogP contribution is 2.53. The third kappa shape index (κ3) is 1.68. The zero-order chi connectivity index (χ0) is 16.3. The number of rotatable bonds is 1. The molecule has 2 aromatic heterocycles. The summed E-state index contributed by atoms with van der Waals surface area (Å²) in [7, 11) is 1.99. The molecular weight excluding hydrogens is 296 g/mol. The summed E-state index contributed by atoms with van der Waals surface area (Å²) >= 11 is 0. The average Bonchev–Trinajstić information content (AvgIpc) is 3.14. The first-order valence-electron chi connectivity index (χ1n) is 8.57. The number of aryl methyl sites for hydroxylation is 1. The molecule has 3 aromatic rings. The fraction of sp³-hybridized carbons (Fsp3) is 0.300. The molecule has 0 radical (unpaired) electrons. The second-order valence-electron chi connectivity index (χ2n) is 6.96. The largest absolute Gasteiger partial charge is 0.376 e. The van der Waals surface area contributed by atoms with E-state index in [1.54, 1.807) is 0 Å². The van der Waals surface area contributed by atoms with Crippen molar-refractivity contribution in [1.82, 2.24) is 15.3 Å². The zero-order valence-electron chi connectivity index (χ0n) is 14.0. The number of hydrogen-bond donors (Lipinski definition) is 2. The van der Waals surface area contributed by atoms with Crippen LogP contribution in [0.4, 0.5) is 5.69 Å². The van der Waals surface area contributed by atoms with E-state index in [2.05, 4.69) is 40.4 Å². The van der Waals surface area contributed by atoms with Crippen molar-refractivity contribution in [3.05, 3.63) is 47.8 Å². The summed E-state index contributed by atoms with van der Waals surface area (Å²) in [5, 5.41) is 4.47. The normalized spacial score (nSPS) is 17.7. The van der Waals surface area contributed by atoms with Crippen LogP contribution in [0.5, 0.6) is 0 Å². The molecule has 0 bridgehead atoms. The molecule has 4 nitrogen and oxygen atoms in total. The number of amidine groups is 1. The summed E-state index contributed by atoms with van der Waals surface area (Å²) in [6, 6.07) is 8.72. The van der Waals surface area contributed by atoms with E-state index in [9.17, 15) is 0 Å². The first kappa shape index (κ1) is 13.8. The van der Waals surface area contributed by atoms with E-state index in [0.717, 1.165) is 28.1 Å². The van der Waals surface area contributed by atoms with E-state index in [1.165, 1.54) is 36.0 Å². The van der Waals surface area contributed by atoms with Gasteiger partial charge in [-0.15, -0.1) is 0 Å². The van der Waals surface area contributed by atoms with Crippen LogP contribution >= 0.6 is 0 Å². The molecule has 0 amide bonds. The second kappa shape index (κ2) is 4.69. The Labute approximate surface area is 141 Å². The number of aliphatic imine (C=N–C) groups is 1. The number of fused-ring (bicyclic) bond motifs is 3. The molecular formula is C20H20N4. The third-order valence-corrected chi connectivity index (χ3v) is 5.70. The SMILES string of the molecule is CNC1=Nc2cc(-c3cc4[nH]ccc4cn3)c(C)cc2C12CCC2. The highest BCUT2D eigenvalue weighted by atomic mass is 15.0. The fourth-order valence-electron chi connectivity index (χ4n) is 4.23. The number of H-pyrrole nitrogens is 1. The molecule has 0 atom stereocenters. The Morgan fingerprint density at radius 1 is 1.21 bits per heavy atom. The molecule has 2 aliphatic rings. The monoisotopic (exact) mass is 316 g/mol. The molecule has 5 rings (SSSR count). The minimum Gasteiger partial charge on any atom is -0.376 e. The van der Waals surface area contributed by atoms with Crippen LogP contribution < -0.4 is 5.32 Å². The van der Waals surface area contributed by atoms with Crippen molar-refractivity contribution >= 4 is 22.4 Å². The molecule has 3 heterocycles. The molecule has 24 heavy (non-hydrogen) atoms. The molecule has 1 aliphatic carbocycles. The average molecular weight is 316 g/mol. The highest BCUT2D eigenvalue weighted by Gasteiger charge is 2.48. The van der Waals surface area contributed by atoms with Gasteiger partial charge in [-0.05, 0) is 49.1 Å². The van der Waals surface area contributed by atoms with E-state index < -0.39 is 0 Å². The number of hydrogen-bond acceptors (Lipinski definition) is 3. The number of nitrogens with zero attached hydrogens (tertiary/aromatic N) is 2. The van der Waals surface area contributed by atoms with Gasteiger partial charge in [-0.1, -0.05) is 12.5 Å². The van der Waals surface area contributed by atoms with Gasteiger partial charge in [-0.3, -0.25) is 4.98 Å². The number of nitrogens with one attached hydrogen (secondary N) is 2. The molecule has 1 aliphatic heterocycles. The molecule has 0 unspecified atom stereocenters. The van der Waals surface area contributed by atoms with E-state index in [4.69, 9.17) is 4.99 Å². The van der Waals surface area contributed by atoms with Gasteiger partial charge in [0.25, 0.3) is 0 Å². The Balaban J connectivity index is 1.68. The highest BCUT2D eigenvalue weighted by molar-refractivity contribution is 6.01. The topological polar surface area (TPSA) is 53.1 Å². The van der Waals surface area contributed by atoms with Crippen LogP contribution in [0.2, 0.25) is 0 Å². The molecule has 1 aromatic carbocycles. The summed E-state index contributed by atoms with van der Waals surface area (Å²) in [5.41, 5.74) is 7.19. The van der Waals surface area contributed by atoms with Crippen molar-refractivity contribution in [3.8, 4) is 11.3 Å². The van der Waals surface area contributed by atoms with Gasteiger partial charge >= 0.3 is 0 Å². The van der Waals surface area contributed by atoms with Gasteiger partial charge in [0.2, 0.25) is 0 Å². The van der Waals surface area contributed by atoms with E-state index in [0.29, 0.717) is 0 Å². The molecule has 1 saturated carbocycles. The number of likely N-dealkylation sites (N-methyl/N-ethyl adjacent to an activating group) is 1. The van der Waals surface area contributed by atoms with Gasteiger partial charge < -0.3 is 10.3 Å². The predicted molar refractivity (Wildman–Crippen MR) is 98.0 cm³/mol. The predicted octanol–water partition coefficient (Wildman–Crippen LogP) is 4.22. The van der Waals surface area contributed by atoms with Gasteiger partial charge in [-0.2, -0.15) is 0 Å². The molecule has 1 spiro atoms. The molecule has 120 valence electrons. The fourth-order valence-corrected chi connectivity index (χ4v) is 4.23. The van der Waals surface area contributed by atoms with Gasteiger partial charge in [0.15, 0.2) is 0 Å². The lowest BCUT2D eigenvalue weighted by atomic mass is 9.64. The third-order valence-electron chi connectivity index (χ3n) is 5.70. The Kier molecular flexibility index (Phi) is 2.70. The maximum absolute atomic E-state index is 4.89. The van der Waals surface area contributed by atoms with Crippen molar-refractivity contribution in [3.63, 3.8) is 0 Å². The van der Waals surface area contributed by atoms with Crippen LogP contribution in [-0.2, 0) is 5.41 Å². The smallest absolute Gasteiger partial charge is 0.113 e.